The molecule has 0 amide bonds. The number of aliphatic hydroxyl groups excluding tert-OH is 1. The number of nitrogens with one attached hydrogen (secondary N) is 1. The molecule has 1 atom stereocenters. The summed E-state index contributed by atoms with van der Waals surface area (Å²) in [7, 11) is 0. The van der Waals surface area contributed by atoms with Crippen molar-refractivity contribution in [2.45, 2.75) is 45.3 Å². The summed E-state index contributed by atoms with van der Waals surface area (Å²) >= 11 is 6.38. The quantitative estimate of drug-likeness (QED) is 0.190. The Morgan fingerprint density at radius 2 is 1.59 bits per heavy atom. The molecule has 0 spiro atoms. The van der Waals surface area contributed by atoms with Crippen LogP contribution in [-0.4, -0.2) is 63.4 Å². The van der Waals surface area contributed by atoms with Gasteiger partial charge < -0.3 is 19.9 Å². The van der Waals surface area contributed by atoms with Gasteiger partial charge in [0.05, 0.1) is 18.2 Å². The number of aromatic nitrogens is 3. The maximum Gasteiger partial charge on any atom is 0.227 e. The molecule has 234 valence electrons. The van der Waals surface area contributed by atoms with Gasteiger partial charge in [-0.15, -0.1) is 0 Å². The number of halogens is 1. The number of para-hydroxylation sites is 1. The summed E-state index contributed by atoms with van der Waals surface area (Å²) in [6.07, 6.45) is 4.23. The molecular formula is C38H39ClN6O. The molecule has 8 rings (SSSR count). The second-order valence-electron chi connectivity index (χ2n) is 12.9. The van der Waals surface area contributed by atoms with E-state index in [4.69, 9.17) is 21.6 Å². The first-order valence-corrected chi connectivity index (χ1v) is 16.9. The number of aliphatic hydroxyl groups is 1. The maximum absolute atomic E-state index is 11.3. The molecule has 6 aromatic rings. The molecule has 8 heteroatoms. The molecule has 1 unspecified atom stereocenters. The van der Waals surface area contributed by atoms with Crippen LogP contribution in [0.4, 0.5) is 17.5 Å². The Labute approximate surface area is 274 Å². The third kappa shape index (κ3) is 5.57. The zero-order chi connectivity index (χ0) is 31.2. The van der Waals surface area contributed by atoms with Crippen molar-refractivity contribution in [3.63, 3.8) is 0 Å². The van der Waals surface area contributed by atoms with Gasteiger partial charge >= 0.3 is 0 Å². The van der Waals surface area contributed by atoms with Crippen LogP contribution in [0.25, 0.3) is 32.7 Å². The Morgan fingerprint density at radius 3 is 2.46 bits per heavy atom. The Morgan fingerprint density at radius 1 is 0.804 bits per heavy atom. The van der Waals surface area contributed by atoms with Crippen molar-refractivity contribution >= 4 is 61.8 Å². The van der Waals surface area contributed by atoms with Crippen molar-refractivity contribution in [1.82, 2.24) is 19.4 Å². The first kappa shape index (κ1) is 29.2. The second-order valence-corrected chi connectivity index (χ2v) is 13.3. The van der Waals surface area contributed by atoms with Gasteiger partial charge in [0, 0.05) is 70.6 Å². The highest BCUT2D eigenvalue weighted by Crippen LogP contribution is 2.34. The van der Waals surface area contributed by atoms with E-state index in [9.17, 15) is 5.11 Å². The molecule has 0 bridgehead atoms. The minimum atomic E-state index is -0.508. The molecule has 1 aliphatic carbocycles. The number of β-amino-alcohol motifs (C(OH)–C–C–N with tert-alkyl or cyclic N) is 1. The summed E-state index contributed by atoms with van der Waals surface area (Å²) in [5.74, 6) is 1.62. The SMILES string of the molecule is Cc1ccc2c(c1)c1cc(Cl)ccc1n2CC(O)CN1CCN(c2nc(Nc3cccc4c3CCCC4)c3ccccc3n2)CC1. The minimum Gasteiger partial charge on any atom is -0.390 e. The predicted molar refractivity (Wildman–Crippen MR) is 190 cm³/mol. The molecular weight excluding hydrogens is 592 g/mol. The normalized spacial score (nSPS) is 16.3. The van der Waals surface area contributed by atoms with Crippen LogP contribution in [0, 0.1) is 6.92 Å². The zero-order valence-corrected chi connectivity index (χ0v) is 27.0. The molecule has 2 aliphatic rings. The molecule has 46 heavy (non-hydrogen) atoms. The van der Waals surface area contributed by atoms with Crippen LogP contribution < -0.4 is 10.2 Å². The van der Waals surface area contributed by atoms with E-state index in [-0.39, 0.29) is 0 Å². The fraction of sp³-hybridized carbons (Fsp3) is 0.316. The highest BCUT2D eigenvalue weighted by atomic mass is 35.5. The largest absolute Gasteiger partial charge is 0.390 e. The average Bonchev–Trinajstić information content (AvgIpc) is 3.36. The number of piperazine rings is 1. The fourth-order valence-corrected chi connectivity index (χ4v) is 7.58. The van der Waals surface area contributed by atoms with E-state index in [0.717, 1.165) is 88.8 Å². The summed E-state index contributed by atoms with van der Waals surface area (Å²) in [6, 6.07) is 27.4. The maximum atomic E-state index is 11.3. The van der Waals surface area contributed by atoms with Crippen molar-refractivity contribution in [2.24, 2.45) is 0 Å². The van der Waals surface area contributed by atoms with Crippen LogP contribution >= 0.6 is 11.6 Å². The zero-order valence-electron chi connectivity index (χ0n) is 26.2. The number of anilines is 3. The third-order valence-corrected chi connectivity index (χ3v) is 9.98. The van der Waals surface area contributed by atoms with E-state index in [1.165, 1.54) is 34.9 Å². The van der Waals surface area contributed by atoms with Gasteiger partial charge in [-0.05, 0) is 92.3 Å². The Bertz CT molecular complexity index is 2010. The van der Waals surface area contributed by atoms with E-state index in [2.05, 4.69) is 87.3 Å². The van der Waals surface area contributed by atoms with Crippen LogP contribution in [0.15, 0.2) is 78.9 Å². The van der Waals surface area contributed by atoms with Gasteiger partial charge in [0.1, 0.15) is 5.82 Å². The summed E-state index contributed by atoms with van der Waals surface area (Å²) in [5.41, 5.74) is 8.41. The standard InChI is InChI=1S/C38H39ClN6O/c1-25-13-15-35-31(21-25)32-22-27(39)14-16-36(32)45(35)24-28(46)23-43-17-19-44(20-18-43)38-41-34-11-5-4-10-30(34)37(42-38)40-33-12-6-8-26-7-2-3-9-29(26)33/h4-6,8,10-16,21-22,28,46H,2-3,7,9,17-20,23-24H2,1H3,(H,40,41,42). The Hall–Kier alpha value is -4.17. The van der Waals surface area contributed by atoms with Crippen LogP contribution in [0.5, 0.6) is 0 Å². The molecule has 2 N–H and O–H groups in total. The van der Waals surface area contributed by atoms with Crippen LogP contribution in [-0.2, 0) is 19.4 Å². The van der Waals surface area contributed by atoms with Crippen molar-refractivity contribution in [3.8, 4) is 0 Å². The molecule has 0 radical (unpaired) electrons. The minimum absolute atomic E-state index is 0.508. The lowest BCUT2D eigenvalue weighted by atomic mass is 9.90. The van der Waals surface area contributed by atoms with Gasteiger partial charge in [0.2, 0.25) is 5.95 Å². The van der Waals surface area contributed by atoms with E-state index < -0.39 is 6.10 Å². The summed E-state index contributed by atoms with van der Waals surface area (Å²) in [4.78, 5) is 14.7. The lowest BCUT2D eigenvalue weighted by Gasteiger charge is -2.36. The van der Waals surface area contributed by atoms with Gasteiger partial charge in [0.15, 0.2) is 0 Å². The van der Waals surface area contributed by atoms with Crippen LogP contribution in [0.2, 0.25) is 5.02 Å². The predicted octanol–water partition coefficient (Wildman–Crippen LogP) is 7.51. The second kappa shape index (κ2) is 12.2. The Kier molecular flexibility index (Phi) is 7.76. The number of hydrogen-bond acceptors (Lipinski definition) is 6. The number of fused-ring (bicyclic) bond motifs is 5. The molecule has 0 saturated carbocycles. The van der Waals surface area contributed by atoms with E-state index in [1.807, 2.05) is 18.2 Å². The van der Waals surface area contributed by atoms with Gasteiger partial charge in [0.25, 0.3) is 0 Å². The number of hydrogen-bond donors (Lipinski definition) is 2. The summed E-state index contributed by atoms with van der Waals surface area (Å²) < 4.78 is 2.24. The first-order valence-electron chi connectivity index (χ1n) is 16.5. The van der Waals surface area contributed by atoms with Gasteiger partial charge in [-0.1, -0.05) is 47.5 Å². The van der Waals surface area contributed by atoms with Crippen LogP contribution in [0.1, 0.15) is 29.5 Å². The highest BCUT2D eigenvalue weighted by Gasteiger charge is 2.24. The van der Waals surface area contributed by atoms with E-state index >= 15 is 0 Å². The highest BCUT2D eigenvalue weighted by molar-refractivity contribution is 6.31. The lowest BCUT2D eigenvalue weighted by molar-refractivity contribution is 0.0967. The molecule has 1 aliphatic heterocycles. The third-order valence-electron chi connectivity index (χ3n) is 9.74. The molecule has 4 aromatic carbocycles. The number of rotatable bonds is 7. The van der Waals surface area contributed by atoms with Gasteiger partial charge in [-0.2, -0.15) is 4.98 Å². The smallest absolute Gasteiger partial charge is 0.227 e. The van der Waals surface area contributed by atoms with E-state index in [1.54, 1.807) is 0 Å². The topological polar surface area (TPSA) is 69.5 Å². The molecule has 7 nitrogen and oxygen atoms in total. The number of aryl methyl sites for hydroxylation is 2. The van der Waals surface area contributed by atoms with Gasteiger partial charge in [-0.3, -0.25) is 4.90 Å². The average molecular weight is 631 g/mol. The van der Waals surface area contributed by atoms with Crippen LogP contribution in [0.3, 0.4) is 0 Å². The molecule has 3 heterocycles. The van der Waals surface area contributed by atoms with Gasteiger partial charge in [-0.25, -0.2) is 4.98 Å². The monoisotopic (exact) mass is 630 g/mol. The van der Waals surface area contributed by atoms with Crippen molar-refractivity contribution in [1.29, 1.82) is 0 Å². The van der Waals surface area contributed by atoms with Crippen molar-refractivity contribution < 1.29 is 5.11 Å². The van der Waals surface area contributed by atoms with Crippen molar-refractivity contribution in [2.75, 3.05) is 42.9 Å². The lowest BCUT2D eigenvalue weighted by Crippen LogP contribution is -2.49. The molecule has 2 aromatic heterocycles. The summed E-state index contributed by atoms with van der Waals surface area (Å²) in [5, 5.41) is 19.1. The fourth-order valence-electron chi connectivity index (χ4n) is 7.41. The number of nitrogens with zero attached hydrogens (tertiary/aromatic N) is 5. The number of benzene rings is 4. The first-order chi connectivity index (χ1) is 22.5. The Balaban J connectivity index is 0.981. The molecule has 1 fully saturated rings. The van der Waals surface area contributed by atoms with E-state index in [0.29, 0.717) is 13.1 Å². The van der Waals surface area contributed by atoms with Crippen molar-refractivity contribution in [3.05, 3.63) is 101 Å². The molecule has 1 saturated heterocycles. The summed E-state index contributed by atoms with van der Waals surface area (Å²) in [6.45, 7) is 6.53.